The number of rotatable bonds is 11. The molecule has 3 saturated heterocycles. The van der Waals surface area contributed by atoms with Gasteiger partial charge in [-0.05, 0) is 56.0 Å². The van der Waals surface area contributed by atoms with Crippen molar-refractivity contribution >= 4 is 40.9 Å². The normalized spacial score (nSPS) is 28.8. The van der Waals surface area contributed by atoms with Crippen molar-refractivity contribution in [2.24, 2.45) is 17.8 Å². The Morgan fingerprint density at radius 1 is 1.12 bits per heavy atom. The first-order valence-corrected chi connectivity index (χ1v) is 15.3. The van der Waals surface area contributed by atoms with Crippen LogP contribution in [0, 0.1) is 17.8 Å². The number of carboxylic acid groups (broad SMARTS) is 1. The Balaban J connectivity index is 1.63. The average Bonchev–Trinajstić information content (AvgIpc) is 3.57. The van der Waals surface area contributed by atoms with E-state index in [1.165, 1.54) is 16.7 Å². The van der Waals surface area contributed by atoms with Crippen LogP contribution < -0.4 is 9.80 Å². The predicted octanol–water partition coefficient (Wildman–Crippen LogP) is 4.21. The van der Waals surface area contributed by atoms with Crippen LogP contribution in [0.2, 0.25) is 0 Å². The van der Waals surface area contributed by atoms with Crippen molar-refractivity contribution in [2.45, 2.75) is 49.3 Å². The number of nitrogens with zero attached hydrogens (tertiary/aromatic N) is 3. The Morgan fingerprint density at radius 2 is 1.76 bits per heavy atom. The molecule has 3 aliphatic heterocycles. The molecule has 3 unspecified atom stereocenters. The second-order valence-corrected chi connectivity index (χ2v) is 12.7. The molecule has 8 nitrogen and oxygen atoms in total. The Bertz CT molecular complexity index is 1300. The van der Waals surface area contributed by atoms with Gasteiger partial charge >= 0.3 is 5.97 Å². The second kappa shape index (κ2) is 11.5. The van der Waals surface area contributed by atoms with Gasteiger partial charge in [0.15, 0.2) is 0 Å². The smallest absolute Gasteiger partial charge is 0.308 e. The zero-order valence-electron chi connectivity index (χ0n) is 23.8. The number of benzene rings is 2. The molecule has 3 fully saturated rings. The molecular formula is C32H39N3O5S. The van der Waals surface area contributed by atoms with E-state index in [1.807, 2.05) is 61.5 Å². The van der Waals surface area contributed by atoms with Gasteiger partial charge in [-0.2, -0.15) is 0 Å². The Kier molecular flexibility index (Phi) is 8.21. The van der Waals surface area contributed by atoms with E-state index >= 15 is 0 Å². The van der Waals surface area contributed by atoms with Gasteiger partial charge in [0, 0.05) is 36.3 Å². The van der Waals surface area contributed by atoms with E-state index < -0.39 is 34.6 Å². The molecule has 2 amide bonds. The van der Waals surface area contributed by atoms with Gasteiger partial charge in [-0.3, -0.25) is 14.4 Å². The predicted molar refractivity (Wildman–Crippen MR) is 162 cm³/mol. The molecule has 0 aliphatic carbocycles. The van der Waals surface area contributed by atoms with Gasteiger partial charge in [0.1, 0.15) is 6.04 Å². The van der Waals surface area contributed by atoms with E-state index in [4.69, 9.17) is 0 Å². The molecule has 7 atom stereocenters. The molecule has 218 valence electrons. The van der Waals surface area contributed by atoms with Crippen LogP contribution in [0.15, 0.2) is 67.3 Å². The summed E-state index contributed by atoms with van der Waals surface area (Å²) in [5.41, 5.74) is 2.43. The van der Waals surface area contributed by atoms with Gasteiger partial charge in [0.2, 0.25) is 5.91 Å². The van der Waals surface area contributed by atoms with Crippen molar-refractivity contribution in [2.75, 3.05) is 36.0 Å². The summed E-state index contributed by atoms with van der Waals surface area (Å²) in [4.78, 5) is 47.1. The van der Waals surface area contributed by atoms with E-state index in [2.05, 4.69) is 25.3 Å². The number of aliphatic hydroxyl groups excluding tert-OH is 1. The van der Waals surface area contributed by atoms with Crippen LogP contribution in [-0.2, 0) is 14.4 Å². The SMILES string of the molecule is C=CCN(C(=O)C1N([C@H](CO)c2ccccc2)C(=O)[C@@H]2[C@H](C(=O)O)[C@@H]3CC(C)C12S3)c1ccc(N(CC)CC)cc1. The first-order valence-electron chi connectivity index (χ1n) is 14.4. The molecule has 3 aliphatic rings. The minimum Gasteiger partial charge on any atom is -0.481 e. The van der Waals surface area contributed by atoms with Crippen molar-refractivity contribution in [1.82, 2.24) is 4.90 Å². The largest absolute Gasteiger partial charge is 0.481 e. The fourth-order valence-electron chi connectivity index (χ4n) is 7.42. The standard InChI is InChI=1S/C32H39N3O5S/c1-5-17-34(23-15-13-22(14-16-23)33(6-2)7-3)30(38)28-32-20(4)18-25(41-32)26(31(39)40)27(32)29(37)35(28)24(19-36)21-11-9-8-10-12-21/h5,8-16,20,24-28,36H,1,6-7,17-19H2,2-4H3,(H,39,40)/t20?,24-,25+,26-,27+,28?,32?/m1/s1. The number of likely N-dealkylation sites (tertiary alicyclic amines) is 1. The van der Waals surface area contributed by atoms with Crippen molar-refractivity contribution in [3.8, 4) is 0 Å². The molecule has 9 heteroatoms. The summed E-state index contributed by atoms with van der Waals surface area (Å²) in [5.74, 6) is -3.43. The third kappa shape index (κ3) is 4.54. The Labute approximate surface area is 246 Å². The summed E-state index contributed by atoms with van der Waals surface area (Å²) in [6, 6.07) is 15.3. The van der Waals surface area contributed by atoms with E-state index in [0.29, 0.717) is 17.7 Å². The van der Waals surface area contributed by atoms with Gasteiger partial charge in [0.05, 0.1) is 29.2 Å². The van der Waals surface area contributed by atoms with E-state index in [9.17, 15) is 24.6 Å². The number of aliphatic hydroxyl groups is 1. The van der Waals surface area contributed by atoms with Crippen LogP contribution in [0.5, 0.6) is 0 Å². The minimum absolute atomic E-state index is 0.0632. The first-order chi connectivity index (χ1) is 19.7. The zero-order chi connectivity index (χ0) is 29.5. The molecule has 41 heavy (non-hydrogen) atoms. The average molecular weight is 578 g/mol. The van der Waals surface area contributed by atoms with E-state index in [1.54, 1.807) is 11.0 Å². The molecule has 2 aromatic rings. The molecule has 5 rings (SSSR count). The number of carbonyl (C=O) groups is 3. The molecule has 2 bridgehead atoms. The lowest BCUT2D eigenvalue weighted by atomic mass is 9.66. The van der Waals surface area contributed by atoms with Gasteiger partial charge in [-0.25, -0.2) is 0 Å². The van der Waals surface area contributed by atoms with Crippen LogP contribution in [-0.4, -0.2) is 75.2 Å². The molecule has 0 aromatic heterocycles. The number of hydrogen-bond donors (Lipinski definition) is 2. The highest BCUT2D eigenvalue weighted by Gasteiger charge is 2.77. The maximum Gasteiger partial charge on any atom is 0.308 e. The minimum atomic E-state index is -1.00. The van der Waals surface area contributed by atoms with Crippen LogP contribution in [0.4, 0.5) is 11.4 Å². The van der Waals surface area contributed by atoms with Crippen LogP contribution >= 0.6 is 11.8 Å². The zero-order valence-corrected chi connectivity index (χ0v) is 24.7. The summed E-state index contributed by atoms with van der Waals surface area (Å²) in [6.07, 6.45) is 2.29. The van der Waals surface area contributed by atoms with E-state index in [0.717, 1.165) is 18.8 Å². The summed E-state index contributed by atoms with van der Waals surface area (Å²) in [5, 5.41) is 20.7. The highest BCUT2D eigenvalue weighted by atomic mass is 32.2. The molecule has 2 aromatic carbocycles. The molecule has 1 spiro atoms. The summed E-state index contributed by atoms with van der Waals surface area (Å²) in [7, 11) is 0. The van der Waals surface area contributed by atoms with E-state index in [-0.39, 0.29) is 36.1 Å². The molecular weight excluding hydrogens is 538 g/mol. The third-order valence-corrected chi connectivity index (χ3v) is 11.3. The molecule has 3 heterocycles. The number of amides is 2. The van der Waals surface area contributed by atoms with Crippen molar-refractivity contribution < 1.29 is 24.6 Å². The van der Waals surface area contributed by atoms with Gasteiger partial charge in [0.25, 0.3) is 5.91 Å². The Hall–Kier alpha value is -3.30. The second-order valence-electron chi connectivity index (χ2n) is 11.2. The van der Waals surface area contributed by atoms with Gasteiger partial charge < -0.3 is 24.9 Å². The van der Waals surface area contributed by atoms with Crippen molar-refractivity contribution in [3.63, 3.8) is 0 Å². The summed E-state index contributed by atoms with van der Waals surface area (Å²) >= 11 is 1.50. The number of fused-ring (bicyclic) bond motifs is 1. The number of anilines is 2. The highest BCUT2D eigenvalue weighted by Crippen LogP contribution is 2.69. The van der Waals surface area contributed by atoms with Crippen molar-refractivity contribution in [1.29, 1.82) is 0 Å². The number of thioether (sulfide) groups is 1. The van der Waals surface area contributed by atoms with Gasteiger partial charge in [-0.15, -0.1) is 18.3 Å². The number of carboxylic acids is 1. The number of aliphatic carboxylic acids is 1. The van der Waals surface area contributed by atoms with Crippen LogP contribution in [0.3, 0.4) is 0 Å². The molecule has 2 N–H and O–H groups in total. The summed E-state index contributed by atoms with van der Waals surface area (Å²) in [6.45, 7) is 11.7. The van der Waals surface area contributed by atoms with Crippen LogP contribution in [0.25, 0.3) is 0 Å². The highest BCUT2D eigenvalue weighted by molar-refractivity contribution is 8.02. The lowest BCUT2D eigenvalue weighted by Crippen LogP contribution is -2.58. The maximum absolute atomic E-state index is 14.9. The fourth-order valence-corrected chi connectivity index (χ4v) is 9.81. The topological polar surface area (TPSA) is 101 Å². The maximum atomic E-state index is 14.9. The quantitative estimate of drug-likeness (QED) is 0.386. The van der Waals surface area contributed by atoms with Crippen molar-refractivity contribution in [3.05, 3.63) is 72.8 Å². The molecule has 0 radical (unpaired) electrons. The Morgan fingerprint density at radius 3 is 2.32 bits per heavy atom. The third-order valence-electron chi connectivity index (χ3n) is 9.26. The summed E-state index contributed by atoms with van der Waals surface area (Å²) < 4.78 is -0.912. The fraction of sp³-hybridized carbons (Fsp3) is 0.469. The van der Waals surface area contributed by atoms with Crippen LogP contribution in [0.1, 0.15) is 38.8 Å². The number of carbonyl (C=O) groups excluding carboxylic acids is 2. The molecule has 0 saturated carbocycles. The monoisotopic (exact) mass is 577 g/mol. The van der Waals surface area contributed by atoms with Gasteiger partial charge in [-0.1, -0.05) is 43.3 Å². The number of hydrogen-bond acceptors (Lipinski definition) is 6. The lowest BCUT2D eigenvalue weighted by Gasteiger charge is -2.42. The lowest BCUT2D eigenvalue weighted by molar-refractivity contribution is -0.149. The first kappa shape index (κ1) is 29.2.